The molecule has 0 heterocycles. The minimum absolute atomic E-state index is 0.130. The van der Waals surface area contributed by atoms with Gasteiger partial charge in [-0.25, -0.2) is 0 Å². The Labute approximate surface area is 349 Å². The maximum absolute atomic E-state index is 9.76. The van der Waals surface area contributed by atoms with E-state index in [1.165, 1.54) is 96.3 Å². The molecular formula is C47H98N2O7. The molecule has 1 N–H and O–H groups in total. The van der Waals surface area contributed by atoms with E-state index < -0.39 is 0 Å². The smallest absolute Gasteiger partial charge is 0.154 e. The van der Waals surface area contributed by atoms with Crippen LogP contribution in [0.4, 0.5) is 0 Å². The van der Waals surface area contributed by atoms with Crippen LogP contribution in [-0.4, -0.2) is 119 Å². The molecule has 9 nitrogen and oxygen atoms in total. The van der Waals surface area contributed by atoms with Crippen LogP contribution >= 0.6 is 0 Å². The maximum atomic E-state index is 9.76. The quantitative estimate of drug-likeness (QED) is 0.0478. The second-order valence-corrected chi connectivity index (χ2v) is 16.1. The van der Waals surface area contributed by atoms with Crippen LogP contribution in [0.2, 0.25) is 0 Å². The summed E-state index contributed by atoms with van der Waals surface area (Å²) in [4.78, 5) is 5.03. The third-order valence-corrected chi connectivity index (χ3v) is 10.6. The second-order valence-electron chi connectivity index (χ2n) is 16.1. The zero-order valence-corrected chi connectivity index (χ0v) is 38.4. The van der Waals surface area contributed by atoms with Crippen LogP contribution < -0.4 is 0 Å². The van der Waals surface area contributed by atoms with E-state index in [0.717, 1.165) is 143 Å². The highest BCUT2D eigenvalue weighted by Gasteiger charge is 2.10. The van der Waals surface area contributed by atoms with Crippen LogP contribution in [0, 0.1) is 0 Å². The van der Waals surface area contributed by atoms with Gasteiger partial charge in [0.2, 0.25) is 0 Å². The molecule has 9 heteroatoms. The number of rotatable bonds is 48. The molecule has 0 aliphatic carbocycles. The predicted molar refractivity (Wildman–Crippen MR) is 237 cm³/mol. The summed E-state index contributed by atoms with van der Waals surface area (Å²) in [5.74, 6) is 0. The number of unbranched alkanes of at least 4 members (excludes halogenated alkanes) is 18. The van der Waals surface area contributed by atoms with E-state index in [2.05, 4.69) is 30.6 Å². The summed E-state index contributed by atoms with van der Waals surface area (Å²) in [6.07, 6.45) is 30.1. The van der Waals surface area contributed by atoms with Gasteiger partial charge in [-0.3, -0.25) is 0 Å². The minimum atomic E-state index is -0.137. The number of hydrogen-bond acceptors (Lipinski definition) is 9. The molecule has 0 spiro atoms. The summed E-state index contributed by atoms with van der Waals surface area (Å²) in [6, 6.07) is 0. The molecule has 0 aliphatic heterocycles. The van der Waals surface area contributed by atoms with Gasteiger partial charge in [-0.1, -0.05) is 117 Å². The summed E-state index contributed by atoms with van der Waals surface area (Å²) in [6.45, 7) is 23.6. The highest BCUT2D eigenvalue weighted by Crippen LogP contribution is 2.10. The molecule has 3 atom stereocenters. The lowest BCUT2D eigenvalue weighted by Crippen LogP contribution is -2.33. The lowest BCUT2D eigenvalue weighted by Gasteiger charge is -2.26. The number of aliphatic hydroxyl groups excluding tert-OH is 1. The van der Waals surface area contributed by atoms with Crippen LogP contribution in [0.1, 0.15) is 202 Å². The summed E-state index contributed by atoms with van der Waals surface area (Å²) in [5.41, 5.74) is 0. The molecule has 0 aromatic rings. The van der Waals surface area contributed by atoms with E-state index in [9.17, 15) is 5.11 Å². The van der Waals surface area contributed by atoms with Gasteiger partial charge >= 0.3 is 0 Å². The fraction of sp³-hybridized carbons (Fsp3) is 1.00. The van der Waals surface area contributed by atoms with Crippen LogP contribution in [0.25, 0.3) is 0 Å². The van der Waals surface area contributed by atoms with Crippen molar-refractivity contribution in [1.29, 1.82) is 0 Å². The molecule has 0 aromatic carbocycles. The molecule has 0 amide bonds. The van der Waals surface area contributed by atoms with Crippen LogP contribution in [-0.2, 0) is 28.4 Å². The average Bonchev–Trinajstić information content (AvgIpc) is 3.19. The van der Waals surface area contributed by atoms with Crippen LogP contribution in [0.15, 0.2) is 0 Å². The van der Waals surface area contributed by atoms with Gasteiger partial charge in [0, 0.05) is 46.2 Å². The highest BCUT2D eigenvalue weighted by molar-refractivity contribution is 4.64. The molecule has 0 aromatic heterocycles. The lowest BCUT2D eigenvalue weighted by molar-refractivity contribution is -0.132. The lowest BCUT2D eigenvalue weighted by atomic mass is 10.1. The molecule has 0 bridgehead atoms. The Hall–Kier alpha value is -0.360. The fourth-order valence-corrected chi connectivity index (χ4v) is 6.93. The number of hydrogen-bond donors (Lipinski definition) is 1. The first-order valence-corrected chi connectivity index (χ1v) is 24.2. The molecule has 3 unspecified atom stereocenters. The minimum Gasteiger partial charge on any atom is -0.395 e. The van der Waals surface area contributed by atoms with E-state index in [1.54, 1.807) is 0 Å². The topological polar surface area (TPSA) is 82.1 Å². The summed E-state index contributed by atoms with van der Waals surface area (Å²) in [5, 5.41) is 9.76. The van der Waals surface area contributed by atoms with E-state index >= 15 is 0 Å². The summed E-state index contributed by atoms with van der Waals surface area (Å²) < 4.78 is 35.6. The van der Waals surface area contributed by atoms with Gasteiger partial charge in [0.25, 0.3) is 0 Å². The first-order valence-electron chi connectivity index (χ1n) is 24.2. The summed E-state index contributed by atoms with van der Waals surface area (Å²) >= 11 is 0. The Morgan fingerprint density at radius 3 is 0.821 bits per heavy atom. The number of ether oxygens (including phenoxy) is 6. The molecule has 0 rings (SSSR count). The van der Waals surface area contributed by atoms with Gasteiger partial charge in [0.1, 0.15) is 0 Å². The zero-order valence-electron chi connectivity index (χ0n) is 38.4. The van der Waals surface area contributed by atoms with Gasteiger partial charge in [0.05, 0.1) is 6.61 Å². The van der Waals surface area contributed by atoms with Gasteiger partial charge < -0.3 is 43.3 Å². The molecule has 0 saturated carbocycles. The Kier molecular flexibility index (Phi) is 45.4. The second kappa shape index (κ2) is 45.7. The highest BCUT2D eigenvalue weighted by atomic mass is 16.7. The van der Waals surface area contributed by atoms with Crippen molar-refractivity contribution in [2.75, 3.05) is 85.5 Å². The molecule has 0 saturated heterocycles. The van der Waals surface area contributed by atoms with E-state index in [1.807, 2.05) is 20.8 Å². The van der Waals surface area contributed by atoms with Crippen molar-refractivity contribution < 1.29 is 33.5 Å². The standard InChI is InChI=1S/C47H98N2O7/c1-7-10-13-16-19-25-39-51-45(4)54-42-28-22-32-48(33-23-29-43-55-46(5)52-40-26-20-17-14-11-8-2)35-31-36-49(37-38-50)34-24-30-44-56-47(6)53-41-27-21-18-15-12-9-3/h45-47,50H,7-44H2,1-6H3. The van der Waals surface area contributed by atoms with E-state index in [-0.39, 0.29) is 25.5 Å². The Morgan fingerprint density at radius 1 is 0.304 bits per heavy atom. The van der Waals surface area contributed by atoms with E-state index in [4.69, 9.17) is 28.4 Å². The van der Waals surface area contributed by atoms with Crippen molar-refractivity contribution in [1.82, 2.24) is 9.80 Å². The van der Waals surface area contributed by atoms with Crippen LogP contribution in [0.5, 0.6) is 0 Å². The van der Waals surface area contributed by atoms with Crippen molar-refractivity contribution in [3.05, 3.63) is 0 Å². The van der Waals surface area contributed by atoms with Crippen molar-refractivity contribution in [2.24, 2.45) is 0 Å². The van der Waals surface area contributed by atoms with Crippen molar-refractivity contribution in [3.8, 4) is 0 Å². The third kappa shape index (κ3) is 41.8. The maximum Gasteiger partial charge on any atom is 0.154 e. The van der Waals surface area contributed by atoms with E-state index in [0.29, 0.717) is 0 Å². The van der Waals surface area contributed by atoms with Gasteiger partial charge in [-0.2, -0.15) is 0 Å². The zero-order chi connectivity index (χ0) is 41.0. The molecule has 0 fully saturated rings. The molecule has 0 radical (unpaired) electrons. The number of aliphatic hydroxyl groups is 1. The number of nitrogens with zero attached hydrogens (tertiary/aromatic N) is 2. The van der Waals surface area contributed by atoms with Gasteiger partial charge in [-0.15, -0.1) is 0 Å². The van der Waals surface area contributed by atoms with Crippen molar-refractivity contribution in [3.63, 3.8) is 0 Å². The molecule has 0 aliphatic rings. The normalized spacial score (nSPS) is 13.7. The monoisotopic (exact) mass is 803 g/mol. The van der Waals surface area contributed by atoms with Crippen molar-refractivity contribution in [2.45, 2.75) is 221 Å². The Morgan fingerprint density at radius 2 is 0.536 bits per heavy atom. The van der Waals surface area contributed by atoms with Crippen molar-refractivity contribution >= 4 is 0 Å². The third-order valence-electron chi connectivity index (χ3n) is 10.6. The largest absolute Gasteiger partial charge is 0.395 e. The van der Waals surface area contributed by atoms with Gasteiger partial charge in [0.15, 0.2) is 18.9 Å². The molecule has 338 valence electrons. The van der Waals surface area contributed by atoms with Gasteiger partial charge in [-0.05, 0) is 118 Å². The first kappa shape index (κ1) is 55.6. The molecular weight excluding hydrogens is 705 g/mol. The SMILES string of the molecule is CCCCCCCCOC(C)OCCCCN(CCO)CCCN(CCCCOC(C)OCCCCCCCC)CCCCOC(C)OCCCCCCCC. The Bertz CT molecular complexity index is 703. The average molecular weight is 803 g/mol. The van der Waals surface area contributed by atoms with Crippen LogP contribution in [0.3, 0.4) is 0 Å². The summed E-state index contributed by atoms with van der Waals surface area (Å²) in [7, 11) is 0. The molecule has 56 heavy (non-hydrogen) atoms. The predicted octanol–water partition coefficient (Wildman–Crippen LogP) is 11.5. The Balaban J connectivity index is 4.47. The first-order chi connectivity index (χ1) is 27.5. The fourth-order valence-electron chi connectivity index (χ4n) is 6.93.